The molecule has 0 aliphatic rings. The molecule has 124 valence electrons. The number of amides is 1. The third kappa shape index (κ3) is 3.01. The van der Waals surface area contributed by atoms with Crippen LogP contribution in [0, 0.1) is 5.82 Å². The second-order valence-electron chi connectivity index (χ2n) is 5.19. The minimum atomic E-state index is -4.06. The largest absolute Gasteiger partial charge is 0.350 e. The molecule has 0 unspecified atom stereocenters. The van der Waals surface area contributed by atoms with E-state index in [-0.39, 0.29) is 4.90 Å². The molecule has 0 radical (unpaired) electrons. The molecule has 1 aromatic heterocycles. The molecule has 3 aromatic rings. The standard InChI is InChI=1S/C16H14FN3O3S/c1-20-10-14(13-7-2-3-8-15(13)20)16(21)18-19-24(22,23)12-6-4-5-11(17)9-12/h2-10,19H,1H3,(H,18,21). The molecule has 0 saturated carbocycles. The maximum absolute atomic E-state index is 13.2. The Morgan fingerprint density at radius 2 is 1.88 bits per heavy atom. The zero-order valence-corrected chi connectivity index (χ0v) is 13.5. The van der Waals surface area contributed by atoms with Crippen LogP contribution in [-0.2, 0) is 17.1 Å². The molecule has 0 atom stereocenters. The lowest BCUT2D eigenvalue weighted by atomic mass is 10.2. The van der Waals surface area contributed by atoms with Crippen molar-refractivity contribution in [1.82, 2.24) is 14.8 Å². The van der Waals surface area contributed by atoms with Crippen molar-refractivity contribution in [2.75, 3.05) is 0 Å². The summed E-state index contributed by atoms with van der Waals surface area (Å²) in [4.78, 5) is 14.0. The highest BCUT2D eigenvalue weighted by Crippen LogP contribution is 2.20. The number of sulfonamides is 1. The Morgan fingerprint density at radius 3 is 2.62 bits per heavy atom. The first-order chi connectivity index (χ1) is 11.4. The van der Waals surface area contributed by atoms with Gasteiger partial charge in [-0.1, -0.05) is 24.3 Å². The molecule has 8 heteroatoms. The first-order valence-corrected chi connectivity index (χ1v) is 8.48. The second kappa shape index (κ2) is 6.06. The summed E-state index contributed by atoms with van der Waals surface area (Å²) in [7, 11) is -2.27. The van der Waals surface area contributed by atoms with Gasteiger partial charge in [-0.15, -0.1) is 4.83 Å². The van der Waals surface area contributed by atoms with Gasteiger partial charge in [-0.2, -0.15) is 0 Å². The fourth-order valence-corrected chi connectivity index (χ4v) is 3.27. The van der Waals surface area contributed by atoms with Crippen molar-refractivity contribution in [2.24, 2.45) is 7.05 Å². The average Bonchev–Trinajstić information content (AvgIpc) is 2.90. The van der Waals surface area contributed by atoms with Gasteiger partial charge >= 0.3 is 0 Å². The van der Waals surface area contributed by atoms with Crippen LogP contribution < -0.4 is 10.3 Å². The summed E-state index contributed by atoms with van der Waals surface area (Å²) >= 11 is 0. The number of aryl methyl sites for hydroxylation is 1. The number of carbonyl (C=O) groups is 1. The number of hydrogen-bond acceptors (Lipinski definition) is 3. The second-order valence-corrected chi connectivity index (χ2v) is 6.87. The first-order valence-electron chi connectivity index (χ1n) is 7.00. The molecular weight excluding hydrogens is 333 g/mol. The van der Waals surface area contributed by atoms with Gasteiger partial charge < -0.3 is 4.57 Å². The van der Waals surface area contributed by atoms with Crippen LogP contribution in [0.2, 0.25) is 0 Å². The van der Waals surface area contributed by atoms with Gasteiger partial charge in [0.15, 0.2) is 0 Å². The van der Waals surface area contributed by atoms with Gasteiger partial charge in [-0.25, -0.2) is 12.8 Å². The number of nitrogens with zero attached hydrogens (tertiary/aromatic N) is 1. The van der Waals surface area contributed by atoms with Crippen LogP contribution in [0.3, 0.4) is 0 Å². The first kappa shape index (κ1) is 16.2. The number of nitrogens with one attached hydrogen (secondary N) is 2. The van der Waals surface area contributed by atoms with E-state index in [1.807, 2.05) is 17.0 Å². The molecule has 2 aromatic carbocycles. The molecule has 0 spiro atoms. The van der Waals surface area contributed by atoms with Crippen molar-refractivity contribution in [1.29, 1.82) is 0 Å². The topological polar surface area (TPSA) is 80.2 Å². The Bertz CT molecular complexity index is 1030. The molecular formula is C16H14FN3O3S. The SMILES string of the molecule is Cn1cc(C(=O)NNS(=O)(=O)c2cccc(F)c2)c2ccccc21. The fraction of sp³-hybridized carbons (Fsp3) is 0.0625. The highest BCUT2D eigenvalue weighted by atomic mass is 32.2. The Labute approximate surface area is 137 Å². The number of benzene rings is 2. The van der Waals surface area contributed by atoms with Gasteiger partial charge in [0.25, 0.3) is 15.9 Å². The predicted octanol–water partition coefficient (Wildman–Crippen LogP) is 1.94. The van der Waals surface area contributed by atoms with Gasteiger partial charge in [0.2, 0.25) is 0 Å². The van der Waals surface area contributed by atoms with Gasteiger partial charge in [0, 0.05) is 24.1 Å². The molecule has 1 amide bonds. The van der Waals surface area contributed by atoms with Crippen LogP contribution in [0.15, 0.2) is 59.6 Å². The predicted molar refractivity (Wildman–Crippen MR) is 87.1 cm³/mol. The summed E-state index contributed by atoms with van der Waals surface area (Å²) in [5.74, 6) is -1.29. The highest BCUT2D eigenvalue weighted by Gasteiger charge is 2.18. The summed E-state index contributed by atoms with van der Waals surface area (Å²) in [5, 5.41) is 0.697. The van der Waals surface area contributed by atoms with Crippen molar-refractivity contribution >= 4 is 26.8 Å². The van der Waals surface area contributed by atoms with E-state index in [1.54, 1.807) is 29.9 Å². The van der Waals surface area contributed by atoms with E-state index in [9.17, 15) is 17.6 Å². The van der Waals surface area contributed by atoms with E-state index in [4.69, 9.17) is 0 Å². The van der Waals surface area contributed by atoms with Crippen molar-refractivity contribution in [3.05, 3.63) is 66.1 Å². The molecule has 6 nitrogen and oxygen atoms in total. The van der Waals surface area contributed by atoms with E-state index in [0.717, 1.165) is 17.6 Å². The Kier molecular flexibility index (Phi) is 4.08. The van der Waals surface area contributed by atoms with Crippen LogP contribution in [0.5, 0.6) is 0 Å². The normalized spacial score (nSPS) is 11.6. The molecule has 0 aliphatic carbocycles. The lowest BCUT2D eigenvalue weighted by Gasteiger charge is -2.08. The molecule has 0 bridgehead atoms. The number of carbonyl (C=O) groups excluding carboxylic acids is 1. The van der Waals surface area contributed by atoms with E-state index >= 15 is 0 Å². The highest BCUT2D eigenvalue weighted by molar-refractivity contribution is 7.89. The quantitative estimate of drug-likeness (QED) is 0.708. The van der Waals surface area contributed by atoms with Gasteiger partial charge in [-0.3, -0.25) is 10.2 Å². The fourth-order valence-electron chi connectivity index (χ4n) is 2.40. The van der Waals surface area contributed by atoms with Crippen LogP contribution in [0.4, 0.5) is 4.39 Å². The van der Waals surface area contributed by atoms with E-state index in [0.29, 0.717) is 10.9 Å². The molecule has 0 fully saturated rings. The molecule has 0 saturated heterocycles. The third-order valence-electron chi connectivity index (χ3n) is 3.55. The number of aromatic nitrogens is 1. The van der Waals surface area contributed by atoms with Gasteiger partial charge in [0.05, 0.1) is 10.5 Å². The molecule has 0 aliphatic heterocycles. The molecule has 1 heterocycles. The smallest absolute Gasteiger partial charge is 0.268 e. The van der Waals surface area contributed by atoms with Gasteiger partial charge in [0.1, 0.15) is 5.82 Å². The molecule has 2 N–H and O–H groups in total. The number of rotatable bonds is 4. The summed E-state index contributed by atoms with van der Waals surface area (Å²) < 4.78 is 39.1. The van der Waals surface area contributed by atoms with Crippen molar-refractivity contribution in [3.63, 3.8) is 0 Å². The lowest BCUT2D eigenvalue weighted by molar-refractivity contribution is 0.0946. The summed E-state index contributed by atoms with van der Waals surface area (Å²) in [6, 6.07) is 11.8. The maximum Gasteiger partial charge on any atom is 0.268 e. The van der Waals surface area contributed by atoms with Crippen LogP contribution in [0.1, 0.15) is 10.4 Å². The number of para-hydroxylation sites is 1. The zero-order chi connectivity index (χ0) is 17.3. The summed E-state index contributed by atoms with van der Waals surface area (Å²) in [5.41, 5.74) is 3.32. The Balaban J connectivity index is 1.82. The van der Waals surface area contributed by atoms with Crippen LogP contribution >= 0.6 is 0 Å². The Hall–Kier alpha value is -2.71. The zero-order valence-electron chi connectivity index (χ0n) is 12.7. The minimum Gasteiger partial charge on any atom is -0.350 e. The number of fused-ring (bicyclic) bond motifs is 1. The van der Waals surface area contributed by atoms with E-state index in [2.05, 4.69) is 5.43 Å². The van der Waals surface area contributed by atoms with Gasteiger partial charge in [-0.05, 0) is 24.3 Å². The lowest BCUT2D eigenvalue weighted by Crippen LogP contribution is -2.41. The van der Waals surface area contributed by atoms with Crippen molar-refractivity contribution in [2.45, 2.75) is 4.90 Å². The monoisotopic (exact) mass is 347 g/mol. The van der Waals surface area contributed by atoms with E-state index in [1.165, 1.54) is 12.1 Å². The number of halogens is 1. The minimum absolute atomic E-state index is 0.277. The maximum atomic E-state index is 13.2. The van der Waals surface area contributed by atoms with E-state index < -0.39 is 21.7 Å². The Morgan fingerprint density at radius 1 is 1.12 bits per heavy atom. The van der Waals surface area contributed by atoms with Crippen molar-refractivity contribution < 1.29 is 17.6 Å². The number of hydrazine groups is 1. The number of hydrogen-bond donors (Lipinski definition) is 2. The van der Waals surface area contributed by atoms with Crippen molar-refractivity contribution in [3.8, 4) is 0 Å². The summed E-state index contributed by atoms with van der Waals surface area (Å²) in [6.07, 6.45) is 1.61. The average molecular weight is 347 g/mol. The third-order valence-corrected chi connectivity index (χ3v) is 4.79. The van der Waals surface area contributed by atoms with Crippen LogP contribution in [0.25, 0.3) is 10.9 Å². The molecule has 3 rings (SSSR count). The summed E-state index contributed by atoms with van der Waals surface area (Å²) in [6.45, 7) is 0. The van der Waals surface area contributed by atoms with Crippen LogP contribution in [-0.4, -0.2) is 18.9 Å². The molecule has 24 heavy (non-hydrogen) atoms.